The van der Waals surface area contributed by atoms with Gasteiger partial charge in [-0.05, 0) is 67.6 Å². The number of aromatic carboxylic acids is 1. The molecular weight excluding hydrogens is 558 g/mol. The van der Waals surface area contributed by atoms with Gasteiger partial charge < -0.3 is 19.9 Å². The quantitative estimate of drug-likeness (QED) is 0.268. The topological polar surface area (TPSA) is 119 Å². The Bertz CT molecular complexity index is 1700. The number of carbonyl (C=O) groups excluding carboxylic acids is 1. The molecule has 4 heterocycles. The van der Waals surface area contributed by atoms with Crippen LogP contribution in [-0.2, 0) is 24.4 Å². The summed E-state index contributed by atoms with van der Waals surface area (Å²) < 4.78 is 13.5. The highest BCUT2D eigenvalue weighted by atomic mass is 16.5. The van der Waals surface area contributed by atoms with E-state index in [1.54, 1.807) is 13.0 Å². The van der Waals surface area contributed by atoms with Crippen LogP contribution in [0.4, 0.5) is 0 Å². The molecule has 228 valence electrons. The van der Waals surface area contributed by atoms with E-state index >= 15 is 0 Å². The van der Waals surface area contributed by atoms with Crippen molar-refractivity contribution in [1.29, 1.82) is 0 Å². The van der Waals surface area contributed by atoms with E-state index in [9.17, 15) is 14.7 Å². The fourth-order valence-electron chi connectivity index (χ4n) is 6.15. The van der Waals surface area contributed by atoms with Gasteiger partial charge in [0.25, 0.3) is 0 Å². The largest absolute Gasteiger partial charge is 0.488 e. The normalized spacial score (nSPS) is 17.2. The maximum absolute atomic E-state index is 11.7. The summed E-state index contributed by atoms with van der Waals surface area (Å²) in [6.45, 7) is 9.38. The van der Waals surface area contributed by atoms with E-state index in [1.165, 1.54) is 22.0 Å². The maximum atomic E-state index is 11.7. The Hall–Kier alpha value is -4.70. The first-order valence-corrected chi connectivity index (χ1v) is 15.1. The zero-order valence-electron chi connectivity index (χ0n) is 25.2. The number of aryl methyl sites for hydroxylation is 1. The highest BCUT2D eigenvalue weighted by Crippen LogP contribution is 2.34. The lowest BCUT2D eigenvalue weighted by atomic mass is 9.93. The van der Waals surface area contributed by atoms with Crippen LogP contribution in [0.1, 0.15) is 52.9 Å². The number of nitrogens with one attached hydrogen (secondary N) is 1. The zero-order valence-corrected chi connectivity index (χ0v) is 25.2. The van der Waals surface area contributed by atoms with E-state index in [4.69, 9.17) is 14.5 Å². The number of nitrogens with zero attached hydrogens (tertiary/aromatic N) is 4. The second kappa shape index (κ2) is 12.5. The van der Waals surface area contributed by atoms with Gasteiger partial charge in [-0.25, -0.2) is 9.78 Å². The summed E-state index contributed by atoms with van der Waals surface area (Å²) in [5.74, 6) is 0.738. The van der Waals surface area contributed by atoms with Crippen molar-refractivity contribution in [2.24, 2.45) is 5.92 Å². The van der Waals surface area contributed by atoms with Crippen molar-refractivity contribution in [3.8, 4) is 28.7 Å². The van der Waals surface area contributed by atoms with Crippen molar-refractivity contribution in [3.05, 3.63) is 88.6 Å². The van der Waals surface area contributed by atoms with Crippen LogP contribution >= 0.6 is 0 Å². The van der Waals surface area contributed by atoms with Gasteiger partial charge in [0.15, 0.2) is 5.82 Å². The Morgan fingerprint density at radius 3 is 2.75 bits per heavy atom. The third-order valence-corrected chi connectivity index (χ3v) is 8.64. The highest BCUT2D eigenvalue weighted by molar-refractivity contribution is 5.90. The third-order valence-electron chi connectivity index (χ3n) is 8.64. The Labute approximate surface area is 256 Å². The number of benzene rings is 2. The second-order valence-corrected chi connectivity index (χ2v) is 11.5. The van der Waals surface area contributed by atoms with E-state index in [2.05, 4.69) is 40.4 Å². The Balaban J connectivity index is 1.20. The van der Waals surface area contributed by atoms with E-state index in [0.717, 1.165) is 48.5 Å². The number of carboxylic acid groups (broad SMARTS) is 1. The van der Waals surface area contributed by atoms with Gasteiger partial charge in [0.1, 0.15) is 17.9 Å². The molecule has 2 atom stereocenters. The SMILES string of the molecule is CCOc1c(C(=O)O)cnn1-c1cccc(-c2cccc(C)c2OCc2ccc3c(c2)CCN(C(C)C2CNC(=O)C2)C3)n1. The molecule has 10 heteroatoms. The molecule has 2 aromatic carbocycles. The van der Waals surface area contributed by atoms with E-state index in [-0.39, 0.29) is 17.4 Å². The molecule has 4 aromatic rings. The van der Waals surface area contributed by atoms with E-state index in [1.807, 2.05) is 37.3 Å². The van der Waals surface area contributed by atoms with Crippen LogP contribution in [0, 0.1) is 12.8 Å². The number of carboxylic acids is 1. The summed E-state index contributed by atoms with van der Waals surface area (Å²) in [6.07, 6.45) is 2.86. The summed E-state index contributed by atoms with van der Waals surface area (Å²) in [4.78, 5) is 30.7. The van der Waals surface area contributed by atoms with Gasteiger partial charge in [-0.1, -0.05) is 36.4 Å². The van der Waals surface area contributed by atoms with Gasteiger partial charge in [0.2, 0.25) is 11.8 Å². The van der Waals surface area contributed by atoms with Crippen molar-refractivity contribution < 1.29 is 24.2 Å². The summed E-state index contributed by atoms with van der Waals surface area (Å²) >= 11 is 0. The highest BCUT2D eigenvalue weighted by Gasteiger charge is 2.32. The zero-order chi connectivity index (χ0) is 30.8. The predicted octanol–water partition coefficient (Wildman–Crippen LogP) is 4.80. The molecule has 2 aliphatic rings. The number of hydrogen-bond donors (Lipinski definition) is 2. The minimum atomic E-state index is -1.11. The molecule has 44 heavy (non-hydrogen) atoms. The number of aromatic nitrogens is 3. The molecule has 2 N–H and O–H groups in total. The van der Waals surface area contributed by atoms with Crippen molar-refractivity contribution in [1.82, 2.24) is 25.0 Å². The molecule has 1 saturated heterocycles. The van der Waals surface area contributed by atoms with E-state index < -0.39 is 5.97 Å². The van der Waals surface area contributed by atoms with Crippen LogP contribution in [-0.4, -0.2) is 62.4 Å². The molecule has 0 aliphatic carbocycles. The van der Waals surface area contributed by atoms with Crippen molar-refractivity contribution in [2.75, 3.05) is 19.7 Å². The van der Waals surface area contributed by atoms with Crippen molar-refractivity contribution >= 4 is 11.9 Å². The van der Waals surface area contributed by atoms with Crippen LogP contribution in [0.25, 0.3) is 17.1 Å². The molecule has 6 rings (SSSR count). The first-order valence-electron chi connectivity index (χ1n) is 15.1. The van der Waals surface area contributed by atoms with Gasteiger partial charge in [-0.15, -0.1) is 0 Å². The summed E-state index contributed by atoms with van der Waals surface area (Å²) in [6, 6.07) is 18.4. The van der Waals surface area contributed by atoms with Gasteiger partial charge in [-0.3, -0.25) is 9.69 Å². The Morgan fingerprint density at radius 1 is 1.14 bits per heavy atom. The van der Waals surface area contributed by atoms with Gasteiger partial charge in [-0.2, -0.15) is 9.78 Å². The number of para-hydroxylation sites is 1. The standard InChI is InChI=1S/C34H37N5O5/c1-4-43-33-28(34(41)42)18-36-39(33)30-10-6-9-29(37-30)27-8-5-7-21(2)32(27)44-20-23-11-12-25-19-38(14-13-24(25)15-23)22(3)26-16-31(40)35-17-26/h5-12,15,18,22,26H,4,13-14,16-17,19-20H2,1-3H3,(H,35,40)(H,41,42). The lowest BCUT2D eigenvalue weighted by Crippen LogP contribution is -2.42. The molecule has 0 spiro atoms. The van der Waals surface area contributed by atoms with Gasteiger partial charge >= 0.3 is 5.97 Å². The number of fused-ring (bicyclic) bond motifs is 1. The fraction of sp³-hybridized carbons (Fsp3) is 0.353. The predicted molar refractivity (Wildman–Crippen MR) is 165 cm³/mol. The Morgan fingerprint density at radius 2 is 1.98 bits per heavy atom. The number of amides is 1. The summed E-state index contributed by atoms with van der Waals surface area (Å²) in [5.41, 5.74) is 6.25. The minimum Gasteiger partial charge on any atom is -0.488 e. The van der Waals surface area contributed by atoms with Crippen LogP contribution in [0.3, 0.4) is 0 Å². The fourth-order valence-corrected chi connectivity index (χ4v) is 6.15. The lowest BCUT2D eigenvalue weighted by molar-refractivity contribution is -0.119. The summed E-state index contributed by atoms with van der Waals surface area (Å²) in [7, 11) is 0. The van der Waals surface area contributed by atoms with E-state index in [0.29, 0.717) is 43.1 Å². The van der Waals surface area contributed by atoms with Crippen LogP contribution in [0.15, 0.2) is 60.8 Å². The summed E-state index contributed by atoms with van der Waals surface area (Å²) in [5, 5.41) is 16.8. The average molecular weight is 596 g/mol. The van der Waals surface area contributed by atoms with Crippen LogP contribution in [0.2, 0.25) is 0 Å². The molecule has 2 aromatic heterocycles. The molecule has 0 bridgehead atoms. The molecular formula is C34H37N5O5. The number of carbonyl (C=O) groups is 2. The molecule has 10 nitrogen and oxygen atoms in total. The number of hydrogen-bond acceptors (Lipinski definition) is 7. The van der Waals surface area contributed by atoms with Crippen LogP contribution < -0.4 is 14.8 Å². The molecule has 1 amide bonds. The smallest absolute Gasteiger partial charge is 0.342 e. The van der Waals surface area contributed by atoms with Crippen molar-refractivity contribution in [3.63, 3.8) is 0 Å². The second-order valence-electron chi connectivity index (χ2n) is 11.5. The number of rotatable bonds is 10. The van der Waals surface area contributed by atoms with Crippen LogP contribution in [0.5, 0.6) is 11.6 Å². The maximum Gasteiger partial charge on any atom is 0.342 e. The Kier molecular flexibility index (Phi) is 8.34. The molecule has 0 radical (unpaired) electrons. The first kappa shape index (κ1) is 29.4. The molecule has 2 aliphatic heterocycles. The van der Waals surface area contributed by atoms with Gasteiger partial charge in [0.05, 0.1) is 18.5 Å². The average Bonchev–Trinajstić information content (AvgIpc) is 3.66. The molecule has 0 saturated carbocycles. The monoisotopic (exact) mass is 595 g/mol. The number of ether oxygens (including phenoxy) is 2. The van der Waals surface area contributed by atoms with Crippen molar-refractivity contribution in [2.45, 2.75) is 52.8 Å². The molecule has 1 fully saturated rings. The minimum absolute atomic E-state index is 0.0199. The first-order chi connectivity index (χ1) is 21.3. The lowest BCUT2D eigenvalue weighted by Gasteiger charge is -2.36. The molecule has 2 unspecified atom stereocenters. The van der Waals surface area contributed by atoms with Gasteiger partial charge in [0, 0.05) is 43.6 Å². The number of pyridine rings is 1. The third kappa shape index (κ3) is 5.90.